The molecule has 1 aromatic carbocycles. The minimum absolute atomic E-state index is 0.611. The van der Waals surface area contributed by atoms with Crippen LogP contribution in [0.2, 0.25) is 5.02 Å². The molecule has 0 heterocycles. The lowest BCUT2D eigenvalue weighted by Crippen LogP contribution is -1.92. The van der Waals surface area contributed by atoms with E-state index in [-0.39, 0.29) is 0 Å². The Labute approximate surface area is 93.3 Å². The topological polar surface area (TPSA) is 9.23 Å². The van der Waals surface area contributed by atoms with Crippen molar-refractivity contribution in [3.05, 3.63) is 26.1 Å². The van der Waals surface area contributed by atoms with E-state index in [1.54, 1.807) is 0 Å². The van der Waals surface area contributed by atoms with E-state index in [4.69, 9.17) is 16.3 Å². The lowest BCUT2D eigenvalue weighted by molar-refractivity contribution is 0.340. The van der Waals surface area contributed by atoms with Gasteiger partial charge in [-0.3, -0.25) is 0 Å². The van der Waals surface area contributed by atoms with Crippen molar-refractivity contribution in [1.82, 2.24) is 0 Å². The van der Waals surface area contributed by atoms with Crippen molar-refractivity contribution in [3.8, 4) is 5.75 Å². The SMILES string of the molecule is CCOc1cc(Br)cc(Br)c1Cl. The lowest BCUT2D eigenvalue weighted by atomic mass is 10.3. The molecule has 12 heavy (non-hydrogen) atoms. The Balaban J connectivity index is 3.09. The van der Waals surface area contributed by atoms with E-state index >= 15 is 0 Å². The molecule has 0 amide bonds. The summed E-state index contributed by atoms with van der Waals surface area (Å²) in [6, 6.07) is 3.72. The molecule has 0 spiro atoms. The Morgan fingerprint density at radius 2 is 2.08 bits per heavy atom. The maximum Gasteiger partial charge on any atom is 0.140 e. The highest BCUT2D eigenvalue weighted by Gasteiger charge is 2.06. The van der Waals surface area contributed by atoms with Gasteiger partial charge in [-0.15, -0.1) is 0 Å². The van der Waals surface area contributed by atoms with Gasteiger partial charge in [-0.05, 0) is 35.0 Å². The highest BCUT2D eigenvalue weighted by Crippen LogP contribution is 2.35. The highest BCUT2D eigenvalue weighted by molar-refractivity contribution is 9.11. The first-order chi connectivity index (χ1) is 5.65. The minimum Gasteiger partial charge on any atom is -0.492 e. The molecule has 0 saturated heterocycles. The van der Waals surface area contributed by atoms with Crippen LogP contribution in [0.1, 0.15) is 6.92 Å². The predicted molar refractivity (Wildman–Crippen MR) is 58.0 cm³/mol. The van der Waals surface area contributed by atoms with E-state index in [2.05, 4.69) is 31.9 Å². The fourth-order valence-electron chi connectivity index (χ4n) is 0.793. The Morgan fingerprint density at radius 3 is 2.67 bits per heavy atom. The van der Waals surface area contributed by atoms with Crippen LogP contribution in [0.15, 0.2) is 21.1 Å². The molecule has 0 aliphatic rings. The molecule has 0 aliphatic heterocycles. The standard InChI is InChI=1S/C8H7Br2ClO/c1-2-12-7-4-5(9)3-6(10)8(7)11/h3-4H,2H2,1H3. The van der Waals surface area contributed by atoms with Crippen molar-refractivity contribution in [1.29, 1.82) is 0 Å². The van der Waals surface area contributed by atoms with Crippen molar-refractivity contribution < 1.29 is 4.74 Å². The molecular weight excluding hydrogens is 307 g/mol. The van der Waals surface area contributed by atoms with Crippen LogP contribution >= 0.6 is 43.5 Å². The molecule has 0 saturated carbocycles. The third kappa shape index (κ3) is 2.38. The molecule has 4 heteroatoms. The lowest BCUT2D eigenvalue weighted by Gasteiger charge is -2.07. The molecule has 0 atom stereocenters. The number of ether oxygens (including phenoxy) is 1. The molecule has 0 aliphatic carbocycles. The van der Waals surface area contributed by atoms with Gasteiger partial charge in [-0.1, -0.05) is 27.5 Å². The second-order valence-corrected chi connectivity index (χ2v) is 4.28. The summed E-state index contributed by atoms with van der Waals surface area (Å²) in [5.74, 6) is 0.695. The molecule has 0 bridgehead atoms. The molecule has 1 aromatic rings. The van der Waals surface area contributed by atoms with Gasteiger partial charge in [0, 0.05) is 8.95 Å². The summed E-state index contributed by atoms with van der Waals surface area (Å²) in [6.45, 7) is 2.54. The van der Waals surface area contributed by atoms with Crippen LogP contribution in [0.5, 0.6) is 5.75 Å². The van der Waals surface area contributed by atoms with E-state index in [0.717, 1.165) is 8.95 Å². The Bertz CT molecular complexity index is 289. The van der Waals surface area contributed by atoms with Crippen molar-refractivity contribution >= 4 is 43.5 Å². The maximum absolute atomic E-state index is 5.95. The smallest absolute Gasteiger partial charge is 0.140 e. The summed E-state index contributed by atoms with van der Waals surface area (Å²) in [7, 11) is 0. The third-order valence-corrected chi connectivity index (χ3v) is 2.96. The number of hydrogen-bond donors (Lipinski definition) is 0. The Morgan fingerprint density at radius 1 is 1.42 bits per heavy atom. The number of rotatable bonds is 2. The highest BCUT2D eigenvalue weighted by atomic mass is 79.9. The Kier molecular flexibility index (Phi) is 3.87. The second-order valence-electron chi connectivity index (χ2n) is 2.13. The molecule has 1 nitrogen and oxygen atoms in total. The molecule has 0 aromatic heterocycles. The van der Waals surface area contributed by atoms with E-state index in [1.165, 1.54) is 0 Å². The van der Waals surface area contributed by atoms with Crippen LogP contribution in [-0.2, 0) is 0 Å². The summed E-state index contributed by atoms with van der Waals surface area (Å²) in [6.07, 6.45) is 0. The summed E-state index contributed by atoms with van der Waals surface area (Å²) in [5.41, 5.74) is 0. The maximum atomic E-state index is 5.95. The zero-order chi connectivity index (χ0) is 9.14. The molecule has 0 N–H and O–H groups in total. The van der Waals surface area contributed by atoms with Gasteiger partial charge in [-0.2, -0.15) is 0 Å². The van der Waals surface area contributed by atoms with Gasteiger partial charge in [0.15, 0.2) is 0 Å². The summed E-state index contributed by atoms with van der Waals surface area (Å²) in [4.78, 5) is 0. The Hall–Kier alpha value is 0.270. The van der Waals surface area contributed by atoms with E-state index < -0.39 is 0 Å². The second kappa shape index (κ2) is 4.49. The van der Waals surface area contributed by atoms with Gasteiger partial charge in [0.25, 0.3) is 0 Å². The molecule has 0 unspecified atom stereocenters. The summed E-state index contributed by atoms with van der Waals surface area (Å²) in [5, 5.41) is 0.611. The normalized spacial score (nSPS) is 10.0. The van der Waals surface area contributed by atoms with E-state index in [9.17, 15) is 0 Å². The zero-order valence-corrected chi connectivity index (χ0v) is 10.3. The van der Waals surface area contributed by atoms with Crippen molar-refractivity contribution in [2.75, 3.05) is 6.61 Å². The molecule has 0 radical (unpaired) electrons. The van der Waals surface area contributed by atoms with E-state index in [1.807, 2.05) is 19.1 Å². The van der Waals surface area contributed by atoms with Crippen LogP contribution in [0, 0.1) is 0 Å². The first kappa shape index (κ1) is 10.4. The van der Waals surface area contributed by atoms with E-state index in [0.29, 0.717) is 17.4 Å². The fraction of sp³-hybridized carbons (Fsp3) is 0.250. The fourth-order valence-corrected chi connectivity index (χ4v) is 2.14. The van der Waals surface area contributed by atoms with Crippen LogP contribution in [0.3, 0.4) is 0 Å². The van der Waals surface area contributed by atoms with Gasteiger partial charge in [-0.25, -0.2) is 0 Å². The van der Waals surface area contributed by atoms with Crippen LogP contribution in [0.25, 0.3) is 0 Å². The number of benzene rings is 1. The molecular formula is C8H7Br2ClO. The van der Waals surface area contributed by atoms with Gasteiger partial charge in [0.1, 0.15) is 5.75 Å². The zero-order valence-electron chi connectivity index (χ0n) is 6.40. The largest absolute Gasteiger partial charge is 0.492 e. The van der Waals surface area contributed by atoms with Crippen LogP contribution in [-0.4, -0.2) is 6.61 Å². The number of hydrogen-bond acceptors (Lipinski definition) is 1. The van der Waals surface area contributed by atoms with Gasteiger partial charge in [0.2, 0.25) is 0 Å². The first-order valence-electron chi connectivity index (χ1n) is 3.42. The molecule has 66 valence electrons. The van der Waals surface area contributed by atoms with Crippen LogP contribution in [0.4, 0.5) is 0 Å². The third-order valence-electron chi connectivity index (χ3n) is 1.26. The van der Waals surface area contributed by atoms with Gasteiger partial charge >= 0.3 is 0 Å². The monoisotopic (exact) mass is 312 g/mol. The summed E-state index contributed by atoms with van der Waals surface area (Å²) >= 11 is 12.6. The van der Waals surface area contributed by atoms with Crippen molar-refractivity contribution in [3.63, 3.8) is 0 Å². The van der Waals surface area contributed by atoms with Crippen LogP contribution < -0.4 is 4.74 Å². The quantitative estimate of drug-likeness (QED) is 0.741. The number of halogens is 3. The summed E-state index contributed by atoms with van der Waals surface area (Å²) < 4.78 is 7.09. The average molecular weight is 314 g/mol. The van der Waals surface area contributed by atoms with Gasteiger partial charge < -0.3 is 4.74 Å². The first-order valence-corrected chi connectivity index (χ1v) is 5.39. The van der Waals surface area contributed by atoms with Crippen molar-refractivity contribution in [2.24, 2.45) is 0 Å². The minimum atomic E-state index is 0.611. The average Bonchev–Trinajstić information content (AvgIpc) is 2.00. The molecule has 0 fully saturated rings. The van der Waals surface area contributed by atoms with Gasteiger partial charge in [0.05, 0.1) is 11.6 Å². The van der Waals surface area contributed by atoms with Crippen molar-refractivity contribution in [2.45, 2.75) is 6.92 Å². The predicted octanol–water partition coefficient (Wildman–Crippen LogP) is 4.26. The molecule has 1 rings (SSSR count).